The summed E-state index contributed by atoms with van der Waals surface area (Å²) in [5.74, 6) is 0. The van der Waals surface area contributed by atoms with Crippen LogP contribution in [0.4, 0.5) is 5.69 Å². The normalized spacial score (nSPS) is 11.6. The van der Waals surface area contributed by atoms with E-state index < -0.39 is 4.92 Å². The number of nitro groups is 1. The molecule has 0 aliphatic heterocycles. The molecule has 0 aliphatic rings. The molecular weight excluding hydrogens is 271 g/mol. The van der Waals surface area contributed by atoms with Crippen molar-refractivity contribution in [1.82, 2.24) is 0 Å². The maximum absolute atomic E-state index is 10.4. The number of hydrogen-bond acceptors (Lipinski definition) is 4. The van der Waals surface area contributed by atoms with Crippen molar-refractivity contribution >= 4 is 45.7 Å². The number of hydrogen-bond donors (Lipinski definition) is 0. The lowest BCUT2D eigenvalue weighted by Gasteiger charge is -2.00. The quantitative estimate of drug-likeness (QED) is 0.367. The highest BCUT2D eigenvalue weighted by molar-refractivity contribution is 8.13. The summed E-state index contributed by atoms with van der Waals surface area (Å²) in [6.45, 7) is -0.300. The zero-order valence-electron chi connectivity index (χ0n) is 8.31. The molecule has 0 fully saturated rings. The standard InChI is InChI=1S/C9H8Cl2N2O2S/c1-16-9(5-13(14)15)12-8-3-6(10)2-7(11)4-8/h2-4H,5H2,1H3. The summed E-state index contributed by atoms with van der Waals surface area (Å²) in [7, 11) is 0. The molecule has 1 aromatic rings. The monoisotopic (exact) mass is 278 g/mol. The number of rotatable bonds is 3. The first kappa shape index (κ1) is 13.3. The van der Waals surface area contributed by atoms with Gasteiger partial charge in [0.25, 0.3) is 6.54 Å². The lowest BCUT2D eigenvalue weighted by atomic mass is 10.3. The number of nitrogens with zero attached hydrogens (tertiary/aromatic N) is 2. The molecule has 1 rings (SSSR count). The largest absolute Gasteiger partial charge is 0.264 e. The predicted octanol–water partition coefficient (Wildman–Crippen LogP) is 3.66. The fourth-order valence-corrected chi connectivity index (χ4v) is 1.95. The van der Waals surface area contributed by atoms with Gasteiger partial charge in [0.05, 0.1) is 5.69 Å². The molecular formula is C9H8Cl2N2O2S. The third-order valence-corrected chi connectivity index (χ3v) is 2.73. The van der Waals surface area contributed by atoms with Crippen molar-refractivity contribution in [2.45, 2.75) is 0 Å². The lowest BCUT2D eigenvalue weighted by molar-refractivity contribution is -0.462. The minimum Gasteiger partial charge on any atom is -0.264 e. The van der Waals surface area contributed by atoms with Crippen LogP contribution in [0.15, 0.2) is 23.2 Å². The van der Waals surface area contributed by atoms with E-state index in [4.69, 9.17) is 23.2 Å². The molecule has 0 radical (unpaired) electrons. The fraction of sp³-hybridized carbons (Fsp3) is 0.222. The molecule has 0 aliphatic carbocycles. The first-order chi connectivity index (χ1) is 7.51. The molecule has 0 N–H and O–H groups in total. The third kappa shape index (κ3) is 4.38. The summed E-state index contributed by atoms with van der Waals surface area (Å²) in [5.41, 5.74) is 0.517. The molecule has 7 heteroatoms. The Morgan fingerprint density at radius 2 is 2.00 bits per heavy atom. The second-order valence-corrected chi connectivity index (χ2v) is 4.58. The summed E-state index contributed by atoms with van der Waals surface area (Å²) in [4.78, 5) is 14.0. The summed E-state index contributed by atoms with van der Waals surface area (Å²) in [6, 6.07) is 4.78. The summed E-state index contributed by atoms with van der Waals surface area (Å²) < 4.78 is 0. The summed E-state index contributed by atoms with van der Waals surface area (Å²) >= 11 is 12.8. The second kappa shape index (κ2) is 6.08. The van der Waals surface area contributed by atoms with E-state index in [1.165, 1.54) is 11.8 Å². The molecule has 0 unspecified atom stereocenters. The van der Waals surface area contributed by atoms with Gasteiger partial charge in [-0.3, -0.25) is 10.1 Å². The molecule has 16 heavy (non-hydrogen) atoms. The molecule has 0 heterocycles. The van der Waals surface area contributed by atoms with Crippen molar-refractivity contribution in [3.05, 3.63) is 38.4 Å². The fourth-order valence-electron chi connectivity index (χ4n) is 1.00. The van der Waals surface area contributed by atoms with Crippen LogP contribution in [-0.4, -0.2) is 22.8 Å². The van der Waals surface area contributed by atoms with Gasteiger partial charge in [0.2, 0.25) is 0 Å². The molecule has 0 aromatic heterocycles. The van der Waals surface area contributed by atoms with Gasteiger partial charge in [0, 0.05) is 15.0 Å². The molecule has 4 nitrogen and oxygen atoms in total. The van der Waals surface area contributed by atoms with E-state index in [2.05, 4.69) is 4.99 Å². The minimum atomic E-state index is -0.429. The maximum Gasteiger partial charge on any atom is 0.251 e. The highest BCUT2D eigenvalue weighted by Gasteiger charge is 2.06. The molecule has 1 aromatic carbocycles. The summed E-state index contributed by atoms with van der Waals surface area (Å²) in [6.07, 6.45) is 1.73. The number of benzene rings is 1. The Morgan fingerprint density at radius 3 is 2.44 bits per heavy atom. The SMILES string of the molecule is CSC(C[N+](=O)[O-])=Nc1cc(Cl)cc(Cl)c1. The number of thioether (sulfide) groups is 1. The van der Waals surface area contributed by atoms with Crippen molar-refractivity contribution < 1.29 is 4.92 Å². The zero-order valence-corrected chi connectivity index (χ0v) is 10.6. The van der Waals surface area contributed by atoms with Crippen LogP contribution in [0, 0.1) is 10.1 Å². The van der Waals surface area contributed by atoms with Gasteiger partial charge in [-0.1, -0.05) is 23.2 Å². The Hall–Kier alpha value is -0.780. The van der Waals surface area contributed by atoms with Crippen molar-refractivity contribution in [2.24, 2.45) is 4.99 Å². The third-order valence-electron chi connectivity index (χ3n) is 1.60. The van der Waals surface area contributed by atoms with Gasteiger partial charge in [0.15, 0.2) is 0 Å². The van der Waals surface area contributed by atoms with Crippen LogP contribution in [0.2, 0.25) is 10.0 Å². The van der Waals surface area contributed by atoms with E-state index in [1.54, 1.807) is 24.5 Å². The van der Waals surface area contributed by atoms with Gasteiger partial charge in [-0.15, -0.1) is 11.8 Å². The predicted molar refractivity (Wildman–Crippen MR) is 68.9 cm³/mol. The highest BCUT2D eigenvalue weighted by atomic mass is 35.5. The number of aliphatic imine (C=N–C) groups is 1. The highest BCUT2D eigenvalue weighted by Crippen LogP contribution is 2.25. The van der Waals surface area contributed by atoms with Gasteiger partial charge in [-0.2, -0.15) is 0 Å². The van der Waals surface area contributed by atoms with E-state index >= 15 is 0 Å². The van der Waals surface area contributed by atoms with Crippen LogP contribution in [-0.2, 0) is 0 Å². The van der Waals surface area contributed by atoms with Crippen molar-refractivity contribution in [3.8, 4) is 0 Å². The van der Waals surface area contributed by atoms with Gasteiger partial charge in [0.1, 0.15) is 5.04 Å². The van der Waals surface area contributed by atoms with E-state index in [1.807, 2.05) is 0 Å². The van der Waals surface area contributed by atoms with E-state index in [0.717, 1.165) is 0 Å². The van der Waals surface area contributed by atoms with Gasteiger partial charge in [-0.25, -0.2) is 4.99 Å². The van der Waals surface area contributed by atoms with E-state index in [0.29, 0.717) is 20.8 Å². The Kier molecular flexibility index (Phi) is 5.05. The van der Waals surface area contributed by atoms with Crippen LogP contribution in [0.5, 0.6) is 0 Å². The first-order valence-corrected chi connectivity index (χ1v) is 6.19. The second-order valence-electron chi connectivity index (χ2n) is 2.83. The first-order valence-electron chi connectivity index (χ1n) is 4.20. The smallest absolute Gasteiger partial charge is 0.251 e. The molecule has 0 spiro atoms. The Morgan fingerprint density at radius 1 is 1.44 bits per heavy atom. The van der Waals surface area contributed by atoms with Crippen LogP contribution < -0.4 is 0 Å². The maximum atomic E-state index is 10.4. The van der Waals surface area contributed by atoms with Gasteiger partial charge < -0.3 is 0 Å². The van der Waals surface area contributed by atoms with Crippen LogP contribution in [0.25, 0.3) is 0 Å². The van der Waals surface area contributed by atoms with Crippen LogP contribution in [0.1, 0.15) is 0 Å². The van der Waals surface area contributed by atoms with E-state index in [-0.39, 0.29) is 6.54 Å². The van der Waals surface area contributed by atoms with Gasteiger partial charge >= 0.3 is 0 Å². The van der Waals surface area contributed by atoms with Gasteiger partial charge in [-0.05, 0) is 24.5 Å². The van der Waals surface area contributed by atoms with Crippen LogP contribution >= 0.6 is 35.0 Å². The molecule has 0 saturated carbocycles. The Labute approximate surface area is 107 Å². The summed E-state index contributed by atoms with van der Waals surface area (Å²) in [5, 5.41) is 11.7. The van der Waals surface area contributed by atoms with Crippen LogP contribution in [0.3, 0.4) is 0 Å². The minimum absolute atomic E-state index is 0.300. The molecule has 0 amide bonds. The zero-order chi connectivity index (χ0) is 12.1. The van der Waals surface area contributed by atoms with Crippen molar-refractivity contribution in [2.75, 3.05) is 12.8 Å². The van der Waals surface area contributed by atoms with Crippen molar-refractivity contribution in [3.63, 3.8) is 0 Å². The average Bonchev–Trinajstić information content (AvgIpc) is 2.14. The topological polar surface area (TPSA) is 55.5 Å². The lowest BCUT2D eigenvalue weighted by Crippen LogP contribution is -2.09. The molecule has 0 atom stereocenters. The molecule has 0 bridgehead atoms. The van der Waals surface area contributed by atoms with E-state index in [9.17, 15) is 10.1 Å². The number of halogens is 2. The molecule has 86 valence electrons. The Bertz CT molecular complexity index is 417. The average molecular weight is 279 g/mol. The van der Waals surface area contributed by atoms with Crippen molar-refractivity contribution in [1.29, 1.82) is 0 Å². The molecule has 0 saturated heterocycles. The Balaban J connectivity index is 2.98.